The molecule has 0 fully saturated rings. The Kier molecular flexibility index (Phi) is 5.92. The van der Waals surface area contributed by atoms with Gasteiger partial charge >= 0.3 is 0 Å². The SMILES string of the molecule is Cc1ccc(NC(=O)C[C@H](NS(C)(=O)=O)c2ccc(F)cc2)cc1C. The van der Waals surface area contributed by atoms with Gasteiger partial charge < -0.3 is 5.32 Å². The molecule has 0 heterocycles. The van der Waals surface area contributed by atoms with Crippen molar-refractivity contribution in [2.45, 2.75) is 26.3 Å². The predicted octanol–water partition coefficient (Wildman–Crippen LogP) is 3.06. The first-order chi connectivity index (χ1) is 11.6. The predicted molar refractivity (Wildman–Crippen MR) is 96.3 cm³/mol. The molecule has 2 rings (SSSR count). The monoisotopic (exact) mass is 364 g/mol. The summed E-state index contributed by atoms with van der Waals surface area (Å²) in [5.74, 6) is -0.768. The van der Waals surface area contributed by atoms with Crippen molar-refractivity contribution < 1.29 is 17.6 Å². The maximum atomic E-state index is 13.1. The van der Waals surface area contributed by atoms with Crippen LogP contribution in [0.3, 0.4) is 0 Å². The van der Waals surface area contributed by atoms with Crippen LogP contribution in [0, 0.1) is 19.7 Å². The number of carbonyl (C=O) groups is 1. The Balaban J connectivity index is 2.16. The smallest absolute Gasteiger partial charge is 0.226 e. The zero-order valence-electron chi connectivity index (χ0n) is 14.3. The van der Waals surface area contributed by atoms with Crippen molar-refractivity contribution in [3.8, 4) is 0 Å². The summed E-state index contributed by atoms with van der Waals surface area (Å²) < 4.78 is 38.7. The molecule has 2 aromatic rings. The maximum Gasteiger partial charge on any atom is 0.226 e. The van der Waals surface area contributed by atoms with Gasteiger partial charge in [0.2, 0.25) is 15.9 Å². The van der Waals surface area contributed by atoms with Crippen LogP contribution in [0.1, 0.15) is 29.2 Å². The summed E-state index contributed by atoms with van der Waals surface area (Å²) in [6.45, 7) is 3.92. The highest BCUT2D eigenvalue weighted by Crippen LogP contribution is 2.20. The normalized spacial score (nSPS) is 12.6. The van der Waals surface area contributed by atoms with Gasteiger partial charge in [-0.25, -0.2) is 17.5 Å². The molecule has 7 heteroatoms. The third-order valence-electron chi connectivity index (χ3n) is 3.81. The second-order valence-electron chi connectivity index (χ2n) is 6.05. The zero-order chi connectivity index (χ0) is 18.6. The molecule has 5 nitrogen and oxygen atoms in total. The molecule has 1 amide bonds. The number of amides is 1. The second kappa shape index (κ2) is 7.76. The Morgan fingerprint density at radius 2 is 1.72 bits per heavy atom. The Bertz CT molecular complexity index is 864. The maximum absolute atomic E-state index is 13.1. The van der Waals surface area contributed by atoms with Gasteiger partial charge in [0.1, 0.15) is 5.82 Å². The Labute approximate surface area is 147 Å². The Morgan fingerprint density at radius 3 is 2.28 bits per heavy atom. The summed E-state index contributed by atoms with van der Waals surface area (Å²) in [5, 5.41) is 2.76. The number of hydrogen-bond acceptors (Lipinski definition) is 3. The van der Waals surface area contributed by atoms with E-state index in [1.807, 2.05) is 26.0 Å². The minimum Gasteiger partial charge on any atom is -0.326 e. The molecule has 0 unspecified atom stereocenters. The average molecular weight is 364 g/mol. The molecule has 134 valence electrons. The molecule has 0 bridgehead atoms. The molecule has 25 heavy (non-hydrogen) atoms. The highest BCUT2D eigenvalue weighted by atomic mass is 32.2. The zero-order valence-corrected chi connectivity index (χ0v) is 15.2. The number of rotatable bonds is 6. The highest BCUT2D eigenvalue weighted by Gasteiger charge is 2.20. The fourth-order valence-corrected chi connectivity index (χ4v) is 3.13. The van der Waals surface area contributed by atoms with E-state index in [4.69, 9.17) is 0 Å². The molecular weight excluding hydrogens is 343 g/mol. The van der Waals surface area contributed by atoms with Crippen LogP contribution in [0.2, 0.25) is 0 Å². The molecule has 2 N–H and O–H groups in total. The van der Waals surface area contributed by atoms with Crippen LogP contribution in [-0.2, 0) is 14.8 Å². The van der Waals surface area contributed by atoms with Gasteiger partial charge in [0.25, 0.3) is 0 Å². The highest BCUT2D eigenvalue weighted by molar-refractivity contribution is 7.88. The summed E-state index contributed by atoms with van der Waals surface area (Å²) in [7, 11) is -3.54. The van der Waals surface area contributed by atoms with Crippen molar-refractivity contribution in [3.63, 3.8) is 0 Å². The number of carbonyl (C=O) groups excluding carboxylic acids is 1. The molecule has 0 aliphatic rings. The Morgan fingerprint density at radius 1 is 1.08 bits per heavy atom. The molecule has 0 spiro atoms. The molecule has 0 aliphatic carbocycles. The van der Waals surface area contributed by atoms with Crippen LogP contribution in [0.15, 0.2) is 42.5 Å². The van der Waals surface area contributed by atoms with E-state index in [0.717, 1.165) is 17.4 Å². The Hall–Kier alpha value is -2.25. The molecule has 0 aliphatic heterocycles. The van der Waals surface area contributed by atoms with E-state index in [2.05, 4.69) is 10.0 Å². The van der Waals surface area contributed by atoms with Crippen molar-refractivity contribution >= 4 is 21.6 Å². The van der Waals surface area contributed by atoms with Crippen LogP contribution in [0.4, 0.5) is 10.1 Å². The molecule has 0 radical (unpaired) electrons. The number of aryl methyl sites for hydroxylation is 2. The summed E-state index contributed by atoms with van der Waals surface area (Å²) in [5.41, 5.74) is 3.32. The van der Waals surface area contributed by atoms with Gasteiger partial charge in [-0.15, -0.1) is 0 Å². The molecule has 0 aromatic heterocycles. The number of halogens is 1. The quantitative estimate of drug-likeness (QED) is 0.827. The second-order valence-corrected chi connectivity index (χ2v) is 7.83. The van der Waals surface area contributed by atoms with Crippen LogP contribution < -0.4 is 10.0 Å². The fourth-order valence-electron chi connectivity index (χ4n) is 2.40. The summed E-state index contributed by atoms with van der Waals surface area (Å²) in [4.78, 5) is 12.3. The summed E-state index contributed by atoms with van der Waals surface area (Å²) in [6.07, 6.45) is 0.913. The third kappa shape index (κ3) is 5.95. The van der Waals surface area contributed by atoms with Gasteiger partial charge in [0.15, 0.2) is 0 Å². The van der Waals surface area contributed by atoms with Crippen molar-refractivity contribution in [1.82, 2.24) is 4.72 Å². The largest absolute Gasteiger partial charge is 0.326 e. The first-order valence-electron chi connectivity index (χ1n) is 7.74. The first kappa shape index (κ1) is 19.1. The number of anilines is 1. The van der Waals surface area contributed by atoms with E-state index in [0.29, 0.717) is 11.3 Å². The summed E-state index contributed by atoms with van der Waals surface area (Å²) in [6, 6.07) is 10.1. The minimum absolute atomic E-state index is 0.106. The van der Waals surface area contributed by atoms with E-state index < -0.39 is 21.9 Å². The van der Waals surface area contributed by atoms with Gasteiger partial charge in [-0.2, -0.15) is 0 Å². The fraction of sp³-hybridized carbons (Fsp3) is 0.278. The lowest BCUT2D eigenvalue weighted by Crippen LogP contribution is -2.30. The van der Waals surface area contributed by atoms with Crippen LogP contribution in [0.25, 0.3) is 0 Å². The van der Waals surface area contributed by atoms with Gasteiger partial charge in [-0.1, -0.05) is 18.2 Å². The molecule has 0 saturated carbocycles. The van der Waals surface area contributed by atoms with E-state index in [1.165, 1.54) is 24.3 Å². The first-order valence-corrected chi connectivity index (χ1v) is 9.63. The van der Waals surface area contributed by atoms with E-state index >= 15 is 0 Å². The van der Waals surface area contributed by atoms with Crippen LogP contribution in [0.5, 0.6) is 0 Å². The standard InChI is InChI=1S/C18H21FN2O3S/c1-12-4-9-16(10-13(12)2)20-18(22)11-17(21-25(3,23)24)14-5-7-15(19)8-6-14/h4-10,17,21H,11H2,1-3H3,(H,20,22)/t17-/m0/s1. The average Bonchev–Trinajstić information content (AvgIpc) is 2.49. The van der Waals surface area contributed by atoms with Gasteiger partial charge in [-0.05, 0) is 54.8 Å². The van der Waals surface area contributed by atoms with E-state index in [1.54, 1.807) is 6.07 Å². The molecule has 2 aromatic carbocycles. The van der Waals surface area contributed by atoms with E-state index in [-0.39, 0.29) is 12.3 Å². The lowest BCUT2D eigenvalue weighted by molar-refractivity contribution is -0.116. The lowest BCUT2D eigenvalue weighted by atomic mass is 10.0. The summed E-state index contributed by atoms with van der Waals surface area (Å²) >= 11 is 0. The number of hydrogen-bond donors (Lipinski definition) is 2. The third-order valence-corrected chi connectivity index (χ3v) is 4.52. The molecular formula is C18H21FN2O3S. The topological polar surface area (TPSA) is 75.3 Å². The van der Waals surface area contributed by atoms with Gasteiger partial charge in [0.05, 0.1) is 12.3 Å². The van der Waals surface area contributed by atoms with Gasteiger partial charge in [-0.3, -0.25) is 4.79 Å². The lowest BCUT2D eigenvalue weighted by Gasteiger charge is -2.18. The molecule has 1 atom stereocenters. The van der Waals surface area contributed by atoms with Crippen molar-refractivity contribution in [3.05, 3.63) is 65.0 Å². The minimum atomic E-state index is -3.54. The number of sulfonamides is 1. The number of nitrogens with one attached hydrogen (secondary N) is 2. The van der Waals surface area contributed by atoms with E-state index in [9.17, 15) is 17.6 Å². The van der Waals surface area contributed by atoms with Gasteiger partial charge in [0, 0.05) is 12.1 Å². The van der Waals surface area contributed by atoms with Crippen LogP contribution in [-0.4, -0.2) is 20.6 Å². The van der Waals surface area contributed by atoms with Crippen LogP contribution >= 0.6 is 0 Å². The van der Waals surface area contributed by atoms with Crippen molar-refractivity contribution in [1.29, 1.82) is 0 Å². The number of benzene rings is 2. The van der Waals surface area contributed by atoms with Crippen molar-refractivity contribution in [2.75, 3.05) is 11.6 Å². The van der Waals surface area contributed by atoms with Crippen molar-refractivity contribution in [2.24, 2.45) is 0 Å². The molecule has 0 saturated heterocycles.